The van der Waals surface area contributed by atoms with Crippen LogP contribution in [0.3, 0.4) is 0 Å². The van der Waals surface area contributed by atoms with Gasteiger partial charge in [0, 0.05) is 13.1 Å². The summed E-state index contributed by atoms with van der Waals surface area (Å²) in [5.41, 5.74) is -0.0539. The van der Waals surface area contributed by atoms with Gasteiger partial charge < -0.3 is 9.88 Å². The van der Waals surface area contributed by atoms with Crippen molar-refractivity contribution in [3.8, 4) is 0 Å². The van der Waals surface area contributed by atoms with Gasteiger partial charge in [-0.25, -0.2) is 8.78 Å². The van der Waals surface area contributed by atoms with Crippen LogP contribution in [0, 0.1) is 11.6 Å². The summed E-state index contributed by atoms with van der Waals surface area (Å²) in [6, 6.07) is 2.98. The second-order valence-corrected chi connectivity index (χ2v) is 5.41. The zero-order valence-corrected chi connectivity index (χ0v) is 11.6. The Labute approximate surface area is 118 Å². The van der Waals surface area contributed by atoms with Crippen LogP contribution in [0.15, 0.2) is 29.7 Å². The fourth-order valence-corrected chi connectivity index (χ4v) is 2.21. The summed E-state index contributed by atoms with van der Waals surface area (Å²) >= 11 is 1.19. The van der Waals surface area contributed by atoms with Crippen LogP contribution in [0.25, 0.3) is 0 Å². The van der Waals surface area contributed by atoms with Gasteiger partial charge in [-0.05, 0) is 19.1 Å². The smallest absolute Gasteiger partial charge is 0.237 e. The van der Waals surface area contributed by atoms with E-state index in [0.29, 0.717) is 5.16 Å². The first kappa shape index (κ1) is 14.4. The number of carbonyl (C=O) groups is 1. The second kappa shape index (κ2) is 6.00. The van der Waals surface area contributed by atoms with Crippen molar-refractivity contribution in [3.63, 3.8) is 0 Å². The minimum atomic E-state index is -0.811. The third-order valence-corrected chi connectivity index (χ3v) is 3.66. The highest BCUT2D eigenvalue weighted by Crippen LogP contribution is 2.22. The molecule has 2 rings (SSSR count). The highest BCUT2D eigenvalue weighted by molar-refractivity contribution is 8.00. The van der Waals surface area contributed by atoms with E-state index in [1.165, 1.54) is 24.2 Å². The number of aromatic nitrogens is 3. The number of benzene rings is 1. The van der Waals surface area contributed by atoms with Crippen LogP contribution < -0.4 is 5.32 Å². The van der Waals surface area contributed by atoms with E-state index < -0.39 is 22.8 Å². The number of carbonyl (C=O) groups excluding carboxylic acids is 1. The zero-order chi connectivity index (χ0) is 14.7. The van der Waals surface area contributed by atoms with Crippen molar-refractivity contribution < 1.29 is 13.6 Å². The summed E-state index contributed by atoms with van der Waals surface area (Å²) < 4.78 is 27.9. The number of anilines is 1. The number of nitrogens with one attached hydrogen (secondary N) is 1. The molecule has 0 unspecified atom stereocenters. The Hall–Kier alpha value is -1.96. The van der Waals surface area contributed by atoms with Gasteiger partial charge >= 0.3 is 0 Å². The predicted octanol–water partition coefficient (Wildman–Crippen LogP) is 2.21. The summed E-state index contributed by atoms with van der Waals surface area (Å²) in [6.45, 7) is 1.66. The van der Waals surface area contributed by atoms with E-state index in [1.54, 1.807) is 18.5 Å². The van der Waals surface area contributed by atoms with Crippen LogP contribution in [0.4, 0.5) is 14.5 Å². The van der Waals surface area contributed by atoms with E-state index in [4.69, 9.17) is 0 Å². The molecule has 0 aliphatic heterocycles. The number of hydrogen-bond donors (Lipinski definition) is 1. The molecule has 1 amide bonds. The first-order chi connectivity index (χ1) is 9.47. The van der Waals surface area contributed by atoms with Gasteiger partial charge in [-0.3, -0.25) is 4.79 Å². The second-order valence-electron chi connectivity index (χ2n) is 4.10. The number of hydrogen-bond acceptors (Lipinski definition) is 4. The van der Waals surface area contributed by atoms with Gasteiger partial charge in [0.1, 0.15) is 18.0 Å². The molecule has 0 saturated carbocycles. The summed E-state index contributed by atoms with van der Waals surface area (Å²) in [5, 5.41) is 10.0. The zero-order valence-electron chi connectivity index (χ0n) is 10.8. The number of nitrogens with zero attached hydrogens (tertiary/aromatic N) is 3. The van der Waals surface area contributed by atoms with Gasteiger partial charge in [-0.15, -0.1) is 10.2 Å². The third-order valence-electron chi connectivity index (χ3n) is 2.51. The van der Waals surface area contributed by atoms with E-state index in [2.05, 4.69) is 15.5 Å². The number of rotatable bonds is 4. The van der Waals surface area contributed by atoms with Crippen LogP contribution >= 0.6 is 11.8 Å². The Morgan fingerprint density at radius 3 is 2.80 bits per heavy atom. The van der Waals surface area contributed by atoms with Crippen molar-refractivity contribution in [1.29, 1.82) is 0 Å². The summed E-state index contributed by atoms with van der Waals surface area (Å²) in [5.74, 6) is -1.90. The molecule has 0 aliphatic carbocycles. The molecule has 0 aliphatic rings. The topological polar surface area (TPSA) is 59.8 Å². The molecule has 5 nitrogen and oxygen atoms in total. The van der Waals surface area contributed by atoms with Crippen LogP contribution in [-0.4, -0.2) is 25.9 Å². The van der Waals surface area contributed by atoms with Crippen molar-refractivity contribution in [2.75, 3.05) is 5.32 Å². The van der Waals surface area contributed by atoms with Crippen LogP contribution in [0.5, 0.6) is 0 Å². The standard InChI is InChI=1S/C12H12F2N4OS/c1-7(20-12-17-15-6-18(12)2)11(19)16-10-4-3-8(13)5-9(10)14/h3-7H,1-2H3,(H,16,19)/t7-/m0/s1. The minimum absolute atomic E-state index is 0.0539. The van der Waals surface area contributed by atoms with Crippen LogP contribution in [-0.2, 0) is 11.8 Å². The van der Waals surface area contributed by atoms with Gasteiger partial charge in [-0.2, -0.15) is 0 Å². The van der Waals surface area contributed by atoms with Gasteiger partial charge in [-0.1, -0.05) is 11.8 Å². The van der Waals surface area contributed by atoms with Crippen molar-refractivity contribution in [3.05, 3.63) is 36.2 Å². The maximum absolute atomic E-state index is 13.4. The molecule has 0 radical (unpaired) electrons. The molecule has 1 heterocycles. The van der Waals surface area contributed by atoms with E-state index in [0.717, 1.165) is 12.1 Å². The summed E-state index contributed by atoms with van der Waals surface area (Å²) in [7, 11) is 1.76. The van der Waals surface area contributed by atoms with Crippen LogP contribution in [0.2, 0.25) is 0 Å². The molecule has 106 valence electrons. The first-order valence-electron chi connectivity index (χ1n) is 5.74. The molecule has 1 atom stereocenters. The van der Waals surface area contributed by atoms with Crippen molar-refractivity contribution in [1.82, 2.24) is 14.8 Å². The summed E-state index contributed by atoms with van der Waals surface area (Å²) in [6.07, 6.45) is 1.52. The number of thioether (sulfide) groups is 1. The van der Waals surface area contributed by atoms with E-state index in [-0.39, 0.29) is 5.69 Å². The summed E-state index contributed by atoms with van der Waals surface area (Å²) in [4.78, 5) is 11.9. The van der Waals surface area contributed by atoms with Gasteiger partial charge in [0.05, 0.1) is 10.9 Å². The Morgan fingerprint density at radius 1 is 1.45 bits per heavy atom. The maximum Gasteiger partial charge on any atom is 0.237 e. The lowest BCUT2D eigenvalue weighted by molar-refractivity contribution is -0.115. The Balaban J connectivity index is 2.02. The highest BCUT2D eigenvalue weighted by atomic mass is 32.2. The molecule has 8 heteroatoms. The third kappa shape index (κ3) is 3.32. The van der Waals surface area contributed by atoms with E-state index in [9.17, 15) is 13.6 Å². The minimum Gasteiger partial charge on any atom is -0.323 e. The molecule has 1 N–H and O–H groups in total. The molecular weight excluding hydrogens is 286 g/mol. The quantitative estimate of drug-likeness (QED) is 0.879. The molecule has 0 saturated heterocycles. The molecule has 0 spiro atoms. The number of amides is 1. The molecule has 20 heavy (non-hydrogen) atoms. The Morgan fingerprint density at radius 2 is 2.20 bits per heavy atom. The average molecular weight is 298 g/mol. The van der Waals surface area contributed by atoms with Crippen molar-refractivity contribution in [2.24, 2.45) is 7.05 Å². The lowest BCUT2D eigenvalue weighted by Gasteiger charge is -2.11. The largest absolute Gasteiger partial charge is 0.323 e. The molecule has 2 aromatic rings. The normalized spacial score (nSPS) is 12.2. The highest BCUT2D eigenvalue weighted by Gasteiger charge is 2.18. The fourth-order valence-electron chi connectivity index (χ4n) is 1.42. The lowest BCUT2D eigenvalue weighted by Crippen LogP contribution is -2.23. The van der Waals surface area contributed by atoms with Crippen molar-refractivity contribution in [2.45, 2.75) is 17.3 Å². The molecular formula is C12H12F2N4OS. The maximum atomic E-state index is 13.4. The lowest BCUT2D eigenvalue weighted by atomic mass is 10.3. The van der Waals surface area contributed by atoms with Gasteiger partial charge in [0.2, 0.25) is 5.91 Å². The molecule has 0 bridgehead atoms. The van der Waals surface area contributed by atoms with E-state index in [1.807, 2.05) is 0 Å². The molecule has 1 aromatic carbocycles. The molecule has 0 fully saturated rings. The Kier molecular flexibility index (Phi) is 4.33. The number of aryl methyl sites for hydroxylation is 1. The average Bonchev–Trinajstić information content (AvgIpc) is 2.78. The Bertz CT molecular complexity index is 632. The number of halogens is 2. The predicted molar refractivity (Wildman–Crippen MR) is 71.3 cm³/mol. The SMILES string of the molecule is C[C@H](Sc1nncn1C)C(=O)Nc1ccc(F)cc1F. The molecule has 1 aromatic heterocycles. The van der Waals surface area contributed by atoms with Gasteiger partial charge in [0.25, 0.3) is 0 Å². The van der Waals surface area contributed by atoms with E-state index >= 15 is 0 Å². The first-order valence-corrected chi connectivity index (χ1v) is 6.62. The van der Waals surface area contributed by atoms with Gasteiger partial charge in [0.15, 0.2) is 5.16 Å². The van der Waals surface area contributed by atoms with Crippen molar-refractivity contribution >= 4 is 23.4 Å². The van der Waals surface area contributed by atoms with Crippen LogP contribution in [0.1, 0.15) is 6.92 Å². The monoisotopic (exact) mass is 298 g/mol. The fraction of sp³-hybridized carbons (Fsp3) is 0.250.